The summed E-state index contributed by atoms with van der Waals surface area (Å²) >= 11 is 0. The average Bonchev–Trinajstić information content (AvgIpc) is 1.88. The summed E-state index contributed by atoms with van der Waals surface area (Å²) in [4.78, 5) is 10.4. The maximum absolute atomic E-state index is 10.4. The fourth-order valence-corrected chi connectivity index (χ4v) is 1.07. The van der Waals surface area contributed by atoms with Crippen LogP contribution < -0.4 is 5.73 Å². The molecular formula is C6H11NO3. The molecule has 0 saturated carbocycles. The van der Waals surface area contributed by atoms with Gasteiger partial charge < -0.3 is 15.6 Å². The molecule has 4 heteroatoms. The molecule has 1 aliphatic rings. The van der Waals surface area contributed by atoms with Crippen molar-refractivity contribution < 1.29 is 14.6 Å². The van der Waals surface area contributed by atoms with Gasteiger partial charge in [0, 0.05) is 12.6 Å². The van der Waals surface area contributed by atoms with Crippen molar-refractivity contribution in [2.24, 2.45) is 11.7 Å². The number of hydrogen-bond donors (Lipinski definition) is 2. The van der Waals surface area contributed by atoms with Crippen LogP contribution in [-0.2, 0) is 9.53 Å². The molecule has 0 unspecified atom stereocenters. The van der Waals surface area contributed by atoms with Gasteiger partial charge in [0.2, 0.25) is 0 Å². The van der Waals surface area contributed by atoms with Crippen molar-refractivity contribution >= 4 is 5.97 Å². The molecule has 0 aliphatic carbocycles. The molecule has 2 atom stereocenters. The van der Waals surface area contributed by atoms with E-state index in [4.69, 9.17) is 15.6 Å². The maximum Gasteiger partial charge on any atom is 0.308 e. The Balaban J connectivity index is 2.47. The minimum Gasteiger partial charge on any atom is -0.481 e. The second-order valence-electron chi connectivity index (χ2n) is 2.47. The van der Waals surface area contributed by atoms with Crippen LogP contribution in [0.3, 0.4) is 0 Å². The van der Waals surface area contributed by atoms with Crippen molar-refractivity contribution in [1.82, 2.24) is 0 Å². The van der Waals surface area contributed by atoms with Gasteiger partial charge in [0.05, 0.1) is 12.5 Å². The number of hydrogen-bond acceptors (Lipinski definition) is 3. The molecule has 10 heavy (non-hydrogen) atoms. The highest BCUT2D eigenvalue weighted by Crippen LogP contribution is 2.13. The van der Waals surface area contributed by atoms with Crippen LogP contribution in [-0.4, -0.2) is 30.3 Å². The van der Waals surface area contributed by atoms with E-state index >= 15 is 0 Å². The quantitative estimate of drug-likeness (QED) is 0.518. The predicted octanol–water partition coefficient (Wildman–Crippen LogP) is -0.565. The summed E-state index contributed by atoms with van der Waals surface area (Å²) in [6, 6.07) is -0.328. The van der Waals surface area contributed by atoms with Gasteiger partial charge >= 0.3 is 5.97 Å². The average molecular weight is 145 g/mol. The van der Waals surface area contributed by atoms with E-state index in [1.54, 1.807) is 0 Å². The highest BCUT2D eigenvalue weighted by Gasteiger charge is 2.28. The Kier molecular flexibility index (Phi) is 2.24. The molecule has 1 fully saturated rings. The fraction of sp³-hybridized carbons (Fsp3) is 0.833. The van der Waals surface area contributed by atoms with Crippen LogP contribution in [0.25, 0.3) is 0 Å². The molecule has 0 aromatic rings. The van der Waals surface area contributed by atoms with E-state index in [0.29, 0.717) is 19.6 Å². The summed E-state index contributed by atoms with van der Waals surface area (Å²) in [5.74, 6) is -1.22. The normalized spacial score (nSPS) is 33.7. The number of rotatable bonds is 1. The van der Waals surface area contributed by atoms with Crippen molar-refractivity contribution in [2.45, 2.75) is 12.5 Å². The first-order valence-corrected chi connectivity index (χ1v) is 3.28. The van der Waals surface area contributed by atoms with E-state index in [1.165, 1.54) is 0 Å². The zero-order chi connectivity index (χ0) is 7.56. The molecule has 0 spiro atoms. The number of ether oxygens (including phenoxy) is 1. The zero-order valence-electron chi connectivity index (χ0n) is 5.62. The van der Waals surface area contributed by atoms with Crippen LogP contribution in [0.2, 0.25) is 0 Å². The molecule has 58 valence electrons. The molecule has 3 N–H and O–H groups in total. The minimum atomic E-state index is -0.809. The molecule has 4 nitrogen and oxygen atoms in total. The van der Waals surface area contributed by atoms with Crippen LogP contribution in [0.4, 0.5) is 0 Å². The lowest BCUT2D eigenvalue weighted by molar-refractivity contribution is -0.145. The Bertz CT molecular complexity index is 137. The van der Waals surface area contributed by atoms with Gasteiger partial charge in [0.15, 0.2) is 0 Å². The fourth-order valence-electron chi connectivity index (χ4n) is 1.07. The molecule has 1 heterocycles. The van der Waals surface area contributed by atoms with E-state index in [2.05, 4.69) is 0 Å². The smallest absolute Gasteiger partial charge is 0.308 e. The van der Waals surface area contributed by atoms with E-state index in [9.17, 15) is 4.79 Å². The van der Waals surface area contributed by atoms with Gasteiger partial charge in [-0.1, -0.05) is 0 Å². The monoisotopic (exact) mass is 145 g/mol. The van der Waals surface area contributed by atoms with Crippen LogP contribution >= 0.6 is 0 Å². The molecule has 0 aromatic carbocycles. The number of carboxylic acids is 1. The zero-order valence-corrected chi connectivity index (χ0v) is 5.62. The maximum atomic E-state index is 10.4. The summed E-state index contributed by atoms with van der Waals surface area (Å²) in [5.41, 5.74) is 5.47. The third kappa shape index (κ3) is 1.46. The van der Waals surface area contributed by atoms with Crippen LogP contribution in [0.5, 0.6) is 0 Å². The lowest BCUT2D eigenvalue weighted by atomic mass is 9.96. The highest BCUT2D eigenvalue weighted by atomic mass is 16.5. The topological polar surface area (TPSA) is 72.5 Å². The van der Waals surface area contributed by atoms with E-state index < -0.39 is 11.9 Å². The highest BCUT2D eigenvalue weighted by molar-refractivity contribution is 5.71. The third-order valence-electron chi connectivity index (χ3n) is 1.72. The molecule has 0 aromatic heterocycles. The first-order valence-electron chi connectivity index (χ1n) is 3.28. The van der Waals surface area contributed by atoms with Crippen molar-refractivity contribution in [3.8, 4) is 0 Å². The van der Waals surface area contributed by atoms with Crippen LogP contribution in [0.1, 0.15) is 6.42 Å². The Morgan fingerprint density at radius 1 is 1.70 bits per heavy atom. The van der Waals surface area contributed by atoms with Gasteiger partial charge in [0.1, 0.15) is 0 Å². The Labute approximate surface area is 59.0 Å². The molecule has 1 saturated heterocycles. The van der Waals surface area contributed by atoms with Gasteiger partial charge in [-0.15, -0.1) is 0 Å². The SMILES string of the molecule is N[C@@H]1COCC[C@@H]1C(=O)O. The molecular weight excluding hydrogens is 134 g/mol. The van der Waals surface area contributed by atoms with Gasteiger partial charge in [-0.25, -0.2) is 0 Å². The summed E-state index contributed by atoms with van der Waals surface area (Å²) < 4.78 is 4.97. The Morgan fingerprint density at radius 2 is 2.40 bits per heavy atom. The predicted molar refractivity (Wildman–Crippen MR) is 34.5 cm³/mol. The molecule has 1 rings (SSSR count). The van der Waals surface area contributed by atoms with Gasteiger partial charge in [0.25, 0.3) is 0 Å². The van der Waals surface area contributed by atoms with E-state index in [0.717, 1.165) is 0 Å². The first-order chi connectivity index (χ1) is 4.72. The second-order valence-corrected chi connectivity index (χ2v) is 2.47. The number of aliphatic carboxylic acids is 1. The number of nitrogens with two attached hydrogens (primary N) is 1. The van der Waals surface area contributed by atoms with Crippen LogP contribution in [0, 0.1) is 5.92 Å². The van der Waals surface area contributed by atoms with Crippen molar-refractivity contribution in [2.75, 3.05) is 13.2 Å². The Morgan fingerprint density at radius 3 is 2.80 bits per heavy atom. The van der Waals surface area contributed by atoms with E-state index in [1.807, 2.05) is 0 Å². The lowest BCUT2D eigenvalue weighted by Gasteiger charge is -2.24. The Hall–Kier alpha value is -0.610. The summed E-state index contributed by atoms with van der Waals surface area (Å²) in [6.45, 7) is 0.891. The van der Waals surface area contributed by atoms with Gasteiger partial charge in [-0.05, 0) is 6.42 Å². The van der Waals surface area contributed by atoms with Gasteiger partial charge in [-0.2, -0.15) is 0 Å². The largest absolute Gasteiger partial charge is 0.481 e. The summed E-state index contributed by atoms with van der Waals surface area (Å²) in [7, 11) is 0. The third-order valence-corrected chi connectivity index (χ3v) is 1.72. The number of carboxylic acid groups (broad SMARTS) is 1. The summed E-state index contributed by atoms with van der Waals surface area (Å²) in [6.07, 6.45) is 0.538. The lowest BCUT2D eigenvalue weighted by Crippen LogP contribution is -2.43. The molecule has 1 aliphatic heterocycles. The van der Waals surface area contributed by atoms with E-state index in [-0.39, 0.29) is 6.04 Å². The van der Waals surface area contributed by atoms with Gasteiger partial charge in [-0.3, -0.25) is 4.79 Å². The standard InChI is InChI=1S/C6H11NO3/c7-5-3-10-2-1-4(5)6(8)9/h4-5H,1-3,7H2,(H,8,9)/t4-,5+/m0/s1. The number of carbonyl (C=O) groups is 1. The molecule has 0 bridgehead atoms. The minimum absolute atomic E-state index is 0.328. The van der Waals surface area contributed by atoms with Crippen LogP contribution in [0.15, 0.2) is 0 Å². The van der Waals surface area contributed by atoms with Crippen molar-refractivity contribution in [3.63, 3.8) is 0 Å². The van der Waals surface area contributed by atoms with Crippen molar-refractivity contribution in [1.29, 1.82) is 0 Å². The second kappa shape index (κ2) is 2.98. The van der Waals surface area contributed by atoms with Crippen molar-refractivity contribution in [3.05, 3.63) is 0 Å². The summed E-state index contributed by atoms with van der Waals surface area (Å²) in [5, 5.41) is 8.57. The molecule has 0 radical (unpaired) electrons. The first kappa shape index (κ1) is 7.50. The molecule has 0 amide bonds.